The molecular formula is C15H19BClNO3. The van der Waals surface area contributed by atoms with Gasteiger partial charge in [-0.05, 0) is 51.4 Å². The van der Waals surface area contributed by atoms with E-state index in [2.05, 4.69) is 11.9 Å². The molecule has 2 rings (SSSR count). The molecular weight excluding hydrogens is 288 g/mol. The molecule has 1 aromatic rings. The number of halogens is 1. The van der Waals surface area contributed by atoms with E-state index in [1.165, 1.54) is 6.08 Å². The molecule has 0 radical (unpaired) electrons. The third kappa shape index (κ3) is 3.15. The Kier molecular flexibility index (Phi) is 4.20. The number of carbonyl (C=O) groups excluding carboxylic acids is 1. The Morgan fingerprint density at radius 3 is 2.38 bits per heavy atom. The minimum atomic E-state index is -0.494. The van der Waals surface area contributed by atoms with Crippen LogP contribution in [0.5, 0.6) is 0 Å². The van der Waals surface area contributed by atoms with E-state index >= 15 is 0 Å². The average molecular weight is 308 g/mol. The molecule has 112 valence electrons. The van der Waals surface area contributed by atoms with E-state index in [-0.39, 0.29) is 5.91 Å². The standard InChI is InChI=1S/C15H19BClNO3/c1-6-13(19)18-12-9-10(7-8-11(12)17)16-20-14(2,3)15(4,5)21-16/h6-9H,1H2,2-5H3,(H,18,19). The molecule has 1 aromatic carbocycles. The molecule has 0 bridgehead atoms. The maximum Gasteiger partial charge on any atom is 0.494 e. The molecule has 1 aliphatic heterocycles. The smallest absolute Gasteiger partial charge is 0.399 e. The van der Waals surface area contributed by atoms with Crippen molar-refractivity contribution in [1.29, 1.82) is 0 Å². The maximum atomic E-state index is 11.4. The van der Waals surface area contributed by atoms with Gasteiger partial charge in [0.15, 0.2) is 0 Å². The highest BCUT2D eigenvalue weighted by Gasteiger charge is 2.51. The zero-order chi connectivity index (χ0) is 15.8. The molecule has 1 aliphatic rings. The van der Waals surface area contributed by atoms with Gasteiger partial charge in [-0.3, -0.25) is 4.79 Å². The summed E-state index contributed by atoms with van der Waals surface area (Å²) >= 11 is 6.09. The van der Waals surface area contributed by atoms with Crippen LogP contribution in [0.25, 0.3) is 0 Å². The monoisotopic (exact) mass is 307 g/mol. The lowest BCUT2D eigenvalue weighted by Gasteiger charge is -2.32. The van der Waals surface area contributed by atoms with Gasteiger partial charge in [-0.15, -0.1) is 0 Å². The molecule has 0 atom stereocenters. The Morgan fingerprint density at radius 2 is 1.86 bits per heavy atom. The molecule has 4 nitrogen and oxygen atoms in total. The normalized spacial score (nSPS) is 19.4. The van der Waals surface area contributed by atoms with Crippen LogP contribution in [-0.4, -0.2) is 24.2 Å². The number of hydrogen-bond donors (Lipinski definition) is 1. The van der Waals surface area contributed by atoms with Crippen LogP contribution >= 0.6 is 11.6 Å². The second-order valence-electron chi connectivity index (χ2n) is 6.02. The summed E-state index contributed by atoms with van der Waals surface area (Å²) in [6.45, 7) is 11.4. The van der Waals surface area contributed by atoms with Gasteiger partial charge >= 0.3 is 7.12 Å². The molecule has 21 heavy (non-hydrogen) atoms. The molecule has 6 heteroatoms. The van der Waals surface area contributed by atoms with Crippen molar-refractivity contribution in [2.24, 2.45) is 0 Å². The first kappa shape index (κ1) is 16.1. The predicted octanol–water partition coefficient (Wildman–Crippen LogP) is 2.76. The molecule has 1 N–H and O–H groups in total. The van der Waals surface area contributed by atoms with Crippen LogP contribution in [0.15, 0.2) is 30.9 Å². The molecule has 0 spiro atoms. The van der Waals surface area contributed by atoms with Crippen LogP contribution in [0.4, 0.5) is 5.69 Å². The topological polar surface area (TPSA) is 47.6 Å². The fourth-order valence-electron chi connectivity index (χ4n) is 1.95. The summed E-state index contributed by atoms with van der Waals surface area (Å²) in [5.74, 6) is -0.317. The lowest BCUT2D eigenvalue weighted by Crippen LogP contribution is -2.41. The van der Waals surface area contributed by atoms with Crippen molar-refractivity contribution in [2.45, 2.75) is 38.9 Å². The number of rotatable bonds is 3. The number of hydrogen-bond acceptors (Lipinski definition) is 3. The minimum Gasteiger partial charge on any atom is -0.399 e. The van der Waals surface area contributed by atoms with Gasteiger partial charge in [0.2, 0.25) is 5.91 Å². The van der Waals surface area contributed by atoms with Crippen LogP contribution in [0.3, 0.4) is 0 Å². The maximum absolute atomic E-state index is 11.4. The Balaban J connectivity index is 2.28. The van der Waals surface area contributed by atoms with Gasteiger partial charge < -0.3 is 14.6 Å². The van der Waals surface area contributed by atoms with E-state index in [0.29, 0.717) is 10.7 Å². The van der Waals surface area contributed by atoms with Gasteiger partial charge in [0, 0.05) is 0 Å². The zero-order valence-electron chi connectivity index (χ0n) is 12.7. The van der Waals surface area contributed by atoms with Gasteiger partial charge in [-0.25, -0.2) is 0 Å². The lowest BCUT2D eigenvalue weighted by molar-refractivity contribution is -0.111. The number of amides is 1. The highest BCUT2D eigenvalue weighted by molar-refractivity contribution is 6.62. The van der Waals surface area contributed by atoms with Crippen molar-refractivity contribution >= 4 is 35.8 Å². The molecule has 1 saturated heterocycles. The third-order valence-corrected chi connectivity index (χ3v) is 4.29. The van der Waals surface area contributed by atoms with Crippen molar-refractivity contribution in [3.8, 4) is 0 Å². The van der Waals surface area contributed by atoms with Gasteiger partial charge in [-0.2, -0.15) is 0 Å². The van der Waals surface area contributed by atoms with E-state index in [1.54, 1.807) is 12.1 Å². The van der Waals surface area contributed by atoms with Crippen LogP contribution in [0, 0.1) is 0 Å². The number of benzene rings is 1. The van der Waals surface area contributed by atoms with Crippen LogP contribution in [0.1, 0.15) is 27.7 Å². The Bertz CT molecular complexity index is 570. The largest absolute Gasteiger partial charge is 0.494 e. The Labute approximate surface area is 130 Å². The van der Waals surface area contributed by atoms with Gasteiger partial charge in [-0.1, -0.05) is 24.2 Å². The molecule has 0 saturated carbocycles. The summed E-state index contributed by atoms with van der Waals surface area (Å²) in [6.07, 6.45) is 1.19. The summed E-state index contributed by atoms with van der Waals surface area (Å²) in [5.41, 5.74) is 0.482. The Hall–Kier alpha value is -1.30. The van der Waals surface area contributed by atoms with Crippen LogP contribution in [0.2, 0.25) is 5.02 Å². The minimum absolute atomic E-state index is 0.317. The van der Waals surface area contributed by atoms with Crippen molar-refractivity contribution in [2.75, 3.05) is 5.32 Å². The first-order valence-corrected chi connectivity index (χ1v) is 7.12. The number of anilines is 1. The van der Waals surface area contributed by atoms with Gasteiger partial charge in [0.05, 0.1) is 21.9 Å². The SMILES string of the molecule is C=CC(=O)Nc1cc(B2OC(C)(C)C(C)(C)O2)ccc1Cl. The summed E-state index contributed by atoms with van der Waals surface area (Å²) in [4.78, 5) is 11.4. The van der Waals surface area contributed by atoms with Gasteiger partial charge in [0.1, 0.15) is 0 Å². The highest BCUT2D eigenvalue weighted by Crippen LogP contribution is 2.36. The van der Waals surface area contributed by atoms with E-state index in [1.807, 2.05) is 33.8 Å². The third-order valence-electron chi connectivity index (χ3n) is 3.96. The van der Waals surface area contributed by atoms with E-state index in [9.17, 15) is 4.79 Å². The fourth-order valence-corrected chi connectivity index (χ4v) is 2.11. The number of carbonyl (C=O) groups is 1. The summed E-state index contributed by atoms with van der Waals surface area (Å²) < 4.78 is 12.0. The van der Waals surface area contributed by atoms with E-state index in [0.717, 1.165) is 5.46 Å². The number of nitrogens with one attached hydrogen (secondary N) is 1. The molecule has 0 unspecified atom stereocenters. The molecule has 0 aliphatic carbocycles. The zero-order valence-corrected chi connectivity index (χ0v) is 13.5. The van der Waals surface area contributed by atoms with Crippen molar-refractivity contribution in [1.82, 2.24) is 0 Å². The quantitative estimate of drug-likeness (QED) is 0.690. The predicted molar refractivity (Wildman–Crippen MR) is 86.0 cm³/mol. The first-order valence-electron chi connectivity index (χ1n) is 6.75. The lowest BCUT2D eigenvalue weighted by atomic mass is 9.79. The van der Waals surface area contributed by atoms with Crippen LogP contribution < -0.4 is 10.8 Å². The Morgan fingerprint density at radius 1 is 1.29 bits per heavy atom. The van der Waals surface area contributed by atoms with E-state index < -0.39 is 18.3 Å². The fraction of sp³-hybridized carbons (Fsp3) is 0.400. The first-order chi connectivity index (χ1) is 9.66. The molecule has 1 heterocycles. The molecule has 1 amide bonds. The van der Waals surface area contributed by atoms with Crippen LogP contribution in [-0.2, 0) is 14.1 Å². The molecule has 0 aromatic heterocycles. The highest BCUT2D eigenvalue weighted by atomic mass is 35.5. The summed E-state index contributed by atoms with van der Waals surface area (Å²) in [6, 6.07) is 5.29. The van der Waals surface area contributed by atoms with Crippen molar-refractivity contribution in [3.05, 3.63) is 35.9 Å². The summed E-state index contributed by atoms with van der Waals surface area (Å²) in [7, 11) is -0.494. The van der Waals surface area contributed by atoms with Crippen molar-refractivity contribution < 1.29 is 14.1 Å². The average Bonchev–Trinajstić information content (AvgIpc) is 2.61. The second-order valence-corrected chi connectivity index (χ2v) is 6.43. The van der Waals surface area contributed by atoms with Crippen molar-refractivity contribution in [3.63, 3.8) is 0 Å². The second kappa shape index (κ2) is 5.48. The van der Waals surface area contributed by atoms with Gasteiger partial charge in [0.25, 0.3) is 0 Å². The molecule has 1 fully saturated rings. The van der Waals surface area contributed by atoms with E-state index in [4.69, 9.17) is 20.9 Å². The summed E-state index contributed by atoms with van der Waals surface area (Å²) in [5, 5.41) is 3.11.